The van der Waals surface area contributed by atoms with Crippen molar-refractivity contribution in [2.75, 3.05) is 18.1 Å². The van der Waals surface area contributed by atoms with E-state index in [0.29, 0.717) is 16.8 Å². The molecule has 1 saturated heterocycles. The van der Waals surface area contributed by atoms with Gasteiger partial charge in [0.15, 0.2) is 12.4 Å². The third-order valence-electron chi connectivity index (χ3n) is 5.33. The minimum absolute atomic E-state index is 0.0513. The molecule has 0 spiro atoms. The lowest BCUT2D eigenvalue weighted by atomic mass is 10.0. The Hall–Kier alpha value is -3.55. The van der Waals surface area contributed by atoms with Gasteiger partial charge in [0.05, 0.1) is 16.5 Å². The number of nitro benzene ring substituents is 1. The molecule has 1 amide bonds. The van der Waals surface area contributed by atoms with Crippen LogP contribution in [0.5, 0.6) is 0 Å². The number of hydrogen-bond acceptors (Lipinski definition) is 6. The molecule has 2 aromatic rings. The maximum absolute atomic E-state index is 12.4. The number of anilines is 1. The summed E-state index contributed by atoms with van der Waals surface area (Å²) in [5.74, 6) is -2.01. The van der Waals surface area contributed by atoms with Crippen LogP contribution < -0.4 is 4.90 Å². The predicted octanol–water partition coefficient (Wildman–Crippen LogP) is 3.30. The number of hydrogen-bond donors (Lipinski definition) is 0. The standard InChI is InChI=1S/C22H22N2O6/c1-13-4-6-16(8-15(13)3)20(25)12-30-22(27)17-9-21(26)23(11-17)18-7-5-14(2)19(10-18)24(28)29/h4-8,10,17H,9,11-12H2,1-3H3/t17-/m0/s1. The molecule has 1 heterocycles. The highest BCUT2D eigenvalue weighted by Gasteiger charge is 2.37. The minimum Gasteiger partial charge on any atom is -0.457 e. The molecule has 8 nitrogen and oxygen atoms in total. The average molecular weight is 410 g/mol. The number of aryl methyl sites for hydroxylation is 3. The fourth-order valence-electron chi connectivity index (χ4n) is 3.33. The van der Waals surface area contributed by atoms with Gasteiger partial charge in [0.1, 0.15) is 0 Å². The Morgan fingerprint density at radius 1 is 1.10 bits per heavy atom. The molecule has 2 aromatic carbocycles. The Bertz CT molecular complexity index is 1050. The van der Waals surface area contributed by atoms with Gasteiger partial charge in [-0.15, -0.1) is 0 Å². The number of ether oxygens (including phenoxy) is 1. The first kappa shape index (κ1) is 21.2. The normalized spacial score (nSPS) is 15.9. The zero-order chi connectivity index (χ0) is 22.0. The lowest BCUT2D eigenvalue weighted by Gasteiger charge is -2.16. The number of ketones is 1. The molecule has 156 valence electrons. The van der Waals surface area contributed by atoms with E-state index in [0.717, 1.165) is 11.1 Å². The van der Waals surface area contributed by atoms with E-state index < -0.39 is 23.4 Å². The fraction of sp³-hybridized carbons (Fsp3) is 0.318. The average Bonchev–Trinajstić information content (AvgIpc) is 3.10. The van der Waals surface area contributed by atoms with Crippen LogP contribution in [0.1, 0.15) is 33.5 Å². The van der Waals surface area contributed by atoms with Gasteiger partial charge in [0.2, 0.25) is 5.91 Å². The topological polar surface area (TPSA) is 107 Å². The van der Waals surface area contributed by atoms with Gasteiger partial charge in [-0.3, -0.25) is 24.5 Å². The highest BCUT2D eigenvalue weighted by atomic mass is 16.6. The van der Waals surface area contributed by atoms with Gasteiger partial charge in [-0.2, -0.15) is 0 Å². The summed E-state index contributed by atoms with van der Waals surface area (Å²) in [5, 5.41) is 11.1. The molecule has 0 aromatic heterocycles. The number of amides is 1. The first-order chi connectivity index (χ1) is 14.2. The molecule has 30 heavy (non-hydrogen) atoms. The zero-order valence-electron chi connectivity index (χ0n) is 17.0. The van der Waals surface area contributed by atoms with Gasteiger partial charge >= 0.3 is 5.97 Å². The molecule has 0 unspecified atom stereocenters. The third kappa shape index (κ3) is 4.37. The second-order valence-corrected chi connectivity index (χ2v) is 7.46. The van der Waals surface area contributed by atoms with E-state index in [-0.39, 0.29) is 30.3 Å². The Balaban J connectivity index is 1.64. The largest absolute Gasteiger partial charge is 0.457 e. The lowest BCUT2D eigenvalue weighted by Crippen LogP contribution is -2.27. The number of nitro groups is 1. The molecule has 1 aliphatic heterocycles. The summed E-state index contributed by atoms with van der Waals surface area (Å²) in [6.45, 7) is 5.10. The molecule has 0 radical (unpaired) electrons. The van der Waals surface area contributed by atoms with E-state index in [4.69, 9.17) is 4.74 Å². The molecule has 1 atom stereocenters. The maximum atomic E-state index is 12.4. The number of Topliss-reactive ketones (excluding diaryl/α,β-unsaturated/α-hetero) is 1. The van der Waals surface area contributed by atoms with Crippen molar-refractivity contribution in [2.24, 2.45) is 5.92 Å². The monoisotopic (exact) mass is 410 g/mol. The highest BCUT2D eigenvalue weighted by molar-refractivity contribution is 6.01. The fourth-order valence-corrected chi connectivity index (χ4v) is 3.33. The molecule has 3 rings (SSSR count). The van der Waals surface area contributed by atoms with Gasteiger partial charge in [0.25, 0.3) is 5.69 Å². The van der Waals surface area contributed by atoms with Crippen LogP contribution in [0.4, 0.5) is 11.4 Å². The summed E-state index contributed by atoms with van der Waals surface area (Å²) in [6.07, 6.45) is -0.0711. The number of carbonyl (C=O) groups is 3. The SMILES string of the molecule is Cc1ccc(C(=O)COC(=O)[C@H]2CC(=O)N(c3ccc(C)c([N+](=O)[O-])c3)C2)cc1C. The molecule has 0 bridgehead atoms. The third-order valence-corrected chi connectivity index (χ3v) is 5.33. The molecule has 8 heteroatoms. The molecular formula is C22H22N2O6. The van der Waals surface area contributed by atoms with Crippen molar-refractivity contribution < 1.29 is 24.0 Å². The Labute approximate surface area is 173 Å². The summed E-state index contributed by atoms with van der Waals surface area (Å²) < 4.78 is 5.15. The summed E-state index contributed by atoms with van der Waals surface area (Å²) in [5.41, 5.74) is 3.24. The van der Waals surface area contributed by atoms with E-state index in [1.54, 1.807) is 31.2 Å². The van der Waals surface area contributed by atoms with Gasteiger partial charge in [0, 0.05) is 30.2 Å². The van der Waals surface area contributed by atoms with Crippen LogP contribution in [0.3, 0.4) is 0 Å². The van der Waals surface area contributed by atoms with Crippen molar-refractivity contribution in [2.45, 2.75) is 27.2 Å². The minimum atomic E-state index is -0.731. The van der Waals surface area contributed by atoms with Crippen molar-refractivity contribution in [3.63, 3.8) is 0 Å². The summed E-state index contributed by atoms with van der Waals surface area (Å²) in [7, 11) is 0. The maximum Gasteiger partial charge on any atom is 0.311 e. The van der Waals surface area contributed by atoms with Gasteiger partial charge in [-0.1, -0.05) is 18.2 Å². The van der Waals surface area contributed by atoms with E-state index in [1.807, 2.05) is 19.9 Å². The first-order valence-electron chi connectivity index (χ1n) is 9.50. The second kappa shape index (κ2) is 8.44. The van der Waals surface area contributed by atoms with E-state index >= 15 is 0 Å². The molecule has 1 fully saturated rings. The Kier molecular flexibility index (Phi) is 5.96. The van der Waals surface area contributed by atoms with Crippen molar-refractivity contribution in [1.82, 2.24) is 0 Å². The molecule has 0 N–H and O–H groups in total. The summed E-state index contributed by atoms with van der Waals surface area (Å²) in [6, 6.07) is 9.76. The van der Waals surface area contributed by atoms with Crippen LogP contribution in [0.25, 0.3) is 0 Å². The van der Waals surface area contributed by atoms with Crippen molar-refractivity contribution in [1.29, 1.82) is 0 Å². The molecule has 1 aliphatic rings. The number of benzene rings is 2. The van der Waals surface area contributed by atoms with Crippen LogP contribution in [0.2, 0.25) is 0 Å². The van der Waals surface area contributed by atoms with Gasteiger partial charge < -0.3 is 9.64 Å². The van der Waals surface area contributed by atoms with Gasteiger partial charge in [-0.25, -0.2) is 0 Å². The zero-order valence-corrected chi connectivity index (χ0v) is 17.0. The molecular weight excluding hydrogens is 388 g/mol. The van der Waals surface area contributed by atoms with E-state index in [9.17, 15) is 24.5 Å². The Morgan fingerprint density at radius 2 is 1.80 bits per heavy atom. The van der Waals surface area contributed by atoms with E-state index in [1.165, 1.54) is 11.0 Å². The smallest absolute Gasteiger partial charge is 0.311 e. The van der Waals surface area contributed by atoms with Gasteiger partial charge in [-0.05, 0) is 44.0 Å². The number of carbonyl (C=O) groups excluding carboxylic acids is 3. The molecule has 0 aliphatic carbocycles. The van der Waals surface area contributed by atoms with E-state index in [2.05, 4.69) is 0 Å². The predicted molar refractivity (Wildman–Crippen MR) is 109 cm³/mol. The summed E-state index contributed by atoms with van der Waals surface area (Å²) in [4.78, 5) is 49.0. The molecule has 0 saturated carbocycles. The van der Waals surface area contributed by atoms with Crippen LogP contribution in [-0.2, 0) is 14.3 Å². The quantitative estimate of drug-likeness (QED) is 0.313. The van der Waals surface area contributed by atoms with Crippen LogP contribution in [0.15, 0.2) is 36.4 Å². The van der Waals surface area contributed by atoms with Crippen molar-refractivity contribution in [3.05, 3.63) is 68.8 Å². The number of nitrogens with zero attached hydrogens (tertiary/aromatic N) is 2. The highest BCUT2D eigenvalue weighted by Crippen LogP contribution is 2.30. The van der Waals surface area contributed by atoms with Crippen molar-refractivity contribution in [3.8, 4) is 0 Å². The first-order valence-corrected chi connectivity index (χ1v) is 9.50. The van der Waals surface area contributed by atoms with Crippen LogP contribution in [-0.4, -0.2) is 35.7 Å². The second-order valence-electron chi connectivity index (χ2n) is 7.46. The lowest BCUT2D eigenvalue weighted by molar-refractivity contribution is -0.385. The number of esters is 1. The summed E-state index contributed by atoms with van der Waals surface area (Å²) >= 11 is 0. The Morgan fingerprint density at radius 3 is 2.47 bits per heavy atom. The van der Waals surface area contributed by atoms with Crippen molar-refractivity contribution >= 4 is 29.0 Å². The van der Waals surface area contributed by atoms with Crippen LogP contribution in [0, 0.1) is 36.8 Å². The van der Waals surface area contributed by atoms with Crippen LogP contribution >= 0.6 is 0 Å². The number of rotatable bonds is 6.